The summed E-state index contributed by atoms with van der Waals surface area (Å²) in [4.78, 5) is 0. The number of para-hydroxylation sites is 6. The minimum atomic E-state index is -0.751. The van der Waals surface area contributed by atoms with Crippen LogP contribution in [0.5, 0.6) is 0 Å². The van der Waals surface area contributed by atoms with Crippen LogP contribution in [-0.4, -0.2) is 35.1 Å². The normalized spacial score (nSPS) is 13.4. The average Bonchev–Trinajstić information content (AvgIpc) is 4.00. The maximum absolute atomic E-state index is 6.98. The van der Waals surface area contributed by atoms with E-state index in [4.69, 9.17) is 13.7 Å². The Balaban J connectivity index is 0.966. The summed E-state index contributed by atoms with van der Waals surface area (Å²) in [5, 5.41) is 7.07. The standard InChI is InChI=1S/C54H36B3N3O3/c1-3-17-40(18-4-1)58-52-29-14-10-25-46(52)48-35-38(31-33-53(48)58)56-61-55(37-16-15-21-42(34-37)60-50-27-12-7-22-43(50)44-23-8-13-28-51(44)60)62-57(63-56)39-30-32-47-45-24-9-11-26-49(45)59(54(47)36-39)41-19-5-2-6-20-41/h1-36H. The molecule has 1 aliphatic heterocycles. The van der Waals surface area contributed by atoms with E-state index in [1.807, 2.05) is 0 Å². The molecule has 0 bridgehead atoms. The van der Waals surface area contributed by atoms with Crippen molar-refractivity contribution in [2.45, 2.75) is 0 Å². The summed E-state index contributed by atoms with van der Waals surface area (Å²) < 4.78 is 27.9. The van der Waals surface area contributed by atoms with Gasteiger partial charge in [-0.25, -0.2) is 0 Å². The molecular weight excluding hydrogens is 771 g/mol. The largest absolute Gasteiger partial charge is 0.467 e. The summed E-state index contributed by atoms with van der Waals surface area (Å²) in [5.41, 5.74) is 12.7. The quantitative estimate of drug-likeness (QED) is 0.157. The molecule has 3 aromatic heterocycles. The van der Waals surface area contributed by atoms with Gasteiger partial charge in [-0.05, 0) is 89.2 Å². The lowest BCUT2D eigenvalue weighted by molar-refractivity contribution is 0.308. The van der Waals surface area contributed by atoms with E-state index in [2.05, 4.69) is 232 Å². The Hall–Kier alpha value is -7.55. The fourth-order valence-electron chi connectivity index (χ4n) is 9.90. The fourth-order valence-corrected chi connectivity index (χ4v) is 9.90. The molecule has 0 unspecified atom stereocenters. The maximum atomic E-state index is 6.98. The summed E-state index contributed by atoms with van der Waals surface area (Å²) in [6.45, 7) is 0. The first-order valence-electron chi connectivity index (χ1n) is 21.5. The minimum Gasteiger partial charge on any atom is -0.445 e. The number of fused-ring (bicyclic) bond motifs is 9. The molecule has 0 N–H and O–H groups in total. The van der Waals surface area contributed by atoms with Gasteiger partial charge in [-0.1, -0.05) is 146 Å². The van der Waals surface area contributed by atoms with Crippen molar-refractivity contribution in [3.05, 3.63) is 218 Å². The van der Waals surface area contributed by atoms with Gasteiger partial charge in [0.15, 0.2) is 0 Å². The van der Waals surface area contributed by atoms with Gasteiger partial charge in [0.1, 0.15) is 0 Å². The van der Waals surface area contributed by atoms with Crippen LogP contribution in [0.4, 0.5) is 0 Å². The number of hydrogen-bond donors (Lipinski definition) is 0. The van der Waals surface area contributed by atoms with E-state index in [-0.39, 0.29) is 0 Å². The van der Waals surface area contributed by atoms with E-state index in [0.717, 1.165) is 82.7 Å². The minimum absolute atomic E-state index is 0.746. The number of aromatic nitrogens is 3. The molecule has 1 aliphatic rings. The fraction of sp³-hybridized carbons (Fsp3) is 0. The van der Waals surface area contributed by atoms with E-state index >= 15 is 0 Å². The van der Waals surface area contributed by atoms with Gasteiger partial charge in [0.25, 0.3) is 0 Å². The van der Waals surface area contributed by atoms with Crippen LogP contribution in [0.1, 0.15) is 0 Å². The van der Waals surface area contributed by atoms with E-state index in [9.17, 15) is 0 Å². The second-order valence-electron chi connectivity index (χ2n) is 16.3. The maximum Gasteiger partial charge on any atom is 0.467 e. The SMILES string of the molecule is c1ccc(-n2c3ccccc3c3cc(B4OB(c5cccc(-n6c7ccccc7c7ccccc76)c5)OB(c5ccc6c7ccccc7n(-c7ccccc7)c6c5)O4)ccc32)cc1. The summed E-state index contributed by atoms with van der Waals surface area (Å²) >= 11 is 0. The van der Waals surface area contributed by atoms with Crippen LogP contribution in [0, 0.1) is 0 Å². The Kier molecular flexibility index (Phi) is 8.34. The van der Waals surface area contributed by atoms with Crippen LogP contribution in [0.2, 0.25) is 0 Å². The Morgan fingerprint density at radius 2 is 0.603 bits per heavy atom. The molecule has 0 aliphatic carbocycles. The molecule has 294 valence electrons. The van der Waals surface area contributed by atoms with Crippen LogP contribution in [0.25, 0.3) is 82.5 Å². The first-order valence-corrected chi connectivity index (χ1v) is 21.5. The molecule has 4 heterocycles. The molecule has 1 fully saturated rings. The van der Waals surface area contributed by atoms with Crippen LogP contribution >= 0.6 is 0 Å². The van der Waals surface area contributed by atoms with Gasteiger partial charge < -0.3 is 27.4 Å². The molecule has 1 saturated heterocycles. The van der Waals surface area contributed by atoms with Crippen LogP contribution in [-0.2, 0) is 13.7 Å². The lowest BCUT2D eigenvalue weighted by Crippen LogP contribution is -2.61. The first kappa shape index (κ1) is 36.1. The van der Waals surface area contributed by atoms with Crippen molar-refractivity contribution in [1.82, 2.24) is 13.7 Å². The Labute approximate surface area is 364 Å². The molecule has 9 aromatic carbocycles. The third-order valence-corrected chi connectivity index (χ3v) is 12.7. The van der Waals surface area contributed by atoms with E-state index < -0.39 is 21.4 Å². The molecule has 9 heteroatoms. The Morgan fingerprint density at radius 3 is 1.14 bits per heavy atom. The van der Waals surface area contributed by atoms with Gasteiger partial charge in [-0.2, -0.15) is 0 Å². The molecule has 0 atom stereocenters. The monoisotopic (exact) mass is 807 g/mol. The van der Waals surface area contributed by atoms with Gasteiger partial charge in [0, 0.05) is 49.4 Å². The van der Waals surface area contributed by atoms with E-state index in [1.54, 1.807) is 0 Å². The van der Waals surface area contributed by atoms with Gasteiger partial charge in [0.2, 0.25) is 0 Å². The molecule has 6 nitrogen and oxygen atoms in total. The first-order chi connectivity index (χ1) is 31.2. The number of benzene rings is 9. The molecule has 0 spiro atoms. The molecule has 12 aromatic rings. The van der Waals surface area contributed by atoms with E-state index in [1.165, 1.54) is 16.2 Å². The summed E-state index contributed by atoms with van der Waals surface area (Å²) in [6, 6.07) is 77.0. The zero-order valence-corrected chi connectivity index (χ0v) is 34.1. The predicted octanol–water partition coefficient (Wildman–Crippen LogP) is 10.5. The summed E-state index contributed by atoms with van der Waals surface area (Å²) in [6.07, 6.45) is 0. The van der Waals surface area contributed by atoms with Crippen molar-refractivity contribution in [3.8, 4) is 17.1 Å². The number of hydrogen-bond acceptors (Lipinski definition) is 3. The van der Waals surface area contributed by atoms with Gasteiger partial charge >= 0.3 is 21.4 Å². The lowest BCUT2D eigenvalue weighted by Gasteiger charge is -2.32. The number of nitrogens with zero attached hydrogens (tertiary/aromatic N) is 3. The second-order valence-corrected chi connectivity index (χ2v) is 16.3. The van der Waals surface area contributed by atoms with Gasteiger partial charge in [0.05, 0.1) is 33.1 Å². The Bertz CT molecular complexity index is 3660. The third kappa shape index (κ3) is 5.82. The number of rotatable bonds is 6. The van der Waals surface area contributed by atoms with Crippen LogP contribution in [0.3, 0.4) is 0 Å². The highest BCUT2D eigenvalue weighted by atomic mass is 16.7. The van der Waals surface area contributed by atoms with Crippen LogP contribution in [0.15, 0.2) is 218 Å². The van der Waals surface area contributed by atoms with Gasteiger partial charge in [-0.3, -0.25) is 0 Å². The van der Waals surface area contributed by atoms with Crippen molar-refractivity contribution >= 4 is 103 Å². The van der Waals surface area contributed by atoms with Crippen molar-refractivity contribution in [2.75, 3.05) is 0 Å². The molecule has 13 rings (SSSR count). The van der Waals surface area contributed by atoms with Crippen molar-refractivity contribution in [3.63, 3.8) is 0 Å². The highest BCUT2D eigenvalue weighted by Crippen LogP contribution is 2.35. The summed E-state index contributed by atoms with van der Waals surface area (Å²) in [7, 11) is -2.25. The highest BCUT2D eigenvalue weighted by Gasteiger charge is 2.44. The second kappa shape index (κ2) is 14.5. The lowest BCUT2D eigenvalue weighted by atomic mass is 9.61. The third-order valence-electron chi connectivity index (χ3n) is 12.7. The Morgan fingerprint density at radius 1 is 0.238 bits per heavy atom. The smallest absolute Gasteiger partial charge is 0.445 e. The molecule has 63 heavy (non-hydrogen) atoms. The predicted molar refractivity (Wildman–Crippen MR) is 262 cm³/mol. The summed E-state index contributed by atoms with van der Waals surface area (Å²) in [5.74, 6) is 0. The van der Waals surface area contributed by atoms with Gasteiger partial charge in [-0.15, -0.1) is 0 Å². The van der Waals surface area contributed by atoms with Crippen molar-refractivity contribution in [2.24, 2.45) is 0 Å². The molecule has 0 amide bonds. The van der Waals surface area contributed by atoms with Crippen molar-refractivity contribution < 1.29 is 13.7 Å². The highest BCUT2D eigenvalue weighted by molar-refractivity contribution is 6.87. The zero-order chi connectivity index (χ0) is 41.4. The zero-order valence-electron chi connectivity index (χ0n) is 34.1. The topological polar surface area (TPSA) is 42.5 Å². The van der Waals surface area contributed by atoms with E-state index in [0.29, 0.717) is 0 Å². The van der Waals surface area contributed by atoms with Crippen LogP contribution < -0.4 is 16.4 Å². The van der Waals surface area contributed by atoms with Crippen molar-refractivity contribution in [1.29, 1.82) is 0 Å². The molecule has 0 radical (unpaired) electrons. The molecule has 0 saturated carbocycles. The average molecular weight is 807 g/mol. The molecular formula is C54H36B3N3O3.